The lowest BCUT2D eigenvalue weighted by atomic mass is 10.0. The van der Waals surface area contributed by atoms with E-state index in [9.17, 15) is 27.2 Å². The SMILES string of the molecule is CC1c2cccc(Nc3nc(Nc4ccc(CC(=O)CBr)cn4)ncc3C(F)(F)F)c2C(=O)N1CCF. The van der Waals surface area contributed by atoms with E-state index < -0.39 is 36.2 Å². The van der Waals surface area contributed by atoms with E-state index in [1.807, 2.05) is 0 Å². The van der Waals surface area contributed by atoms with E-state index in [0.29, 0.717) is 17.3 Å². The summed E-state index contributed by atoms with van der Waals surface area (Å²) in [6.07, 6.45) is -2.50. The van der Waals surface area contributed by atoms with Gasteiger partial charge in [0.15, 0.2) is 0 Å². The zero-order valence-corrected chi connectivity index (χ0v) is 21.0. The highest BCUT2D eigenvalue weighted by Gasteiger charge is 2.38. The second-order valence-electron chi connectivity index (χ2n) is 8.24. The molecular weight excluding hydrogens is 560 g/mol. The molecule has 1 atom stereocenters. The number of Topliss-reactive ketones (excluding diaryl/α,β-unsaturated/α-hetero) is 1. The van der Waals surface area contributed by atoms with Gasteiger partial charge in [-0.15, -0.1) is 0 Å². The summed E-state index contributed by atoms with van der Waals surface area (Å²) < 4.78 is 54.3. The van der Waals surface area contributed by atoms with Crippen molar-refractivity contribution in [1.29, 1.82) is 0 Å². The van der Waals surface area contributed by atoms with Gasteiger partial charge in [-0.05, 0) is 30.2 Å². The van der Waals surface area contributed by atoms with Crippen LogP contribution in [0.25, 0.3) is 0 Å². The second kappa shape index (κ2) is 10.8. The summed E-state index contributed by atoms with van der Waals surface area (Å²) in [5.74, 6) is -0.988. The topological polar surface area (TPSA) is 100 Å². The molecule has 0 saturated carbocycles. The van der Waals surface area contributed by atoms with Gasteiger partial charge in [-0.25, -0.2) is 14.4 Å². The molecule has 1 aliphatic heterocycles. The minimum Gasteiger partial charge on any atom is -0.339 e. The van der Waals surface area contributed by atoms with Crippen LogP contribution in [0.2, 0.25) is 0 Å². The van der Waals surface area contributed by atoms with Crippen LogP contribution in [0.4, 0.5) is 40.8 Å². The fraction of sp³-hybridized carbons (Fsp3) is 0.292. The van der Waals surface area contributed by atoms with Gasteiger partial charge in [0.2, 0.25) is 5.95 Å². The molecule has 0 radical (unpaired) electrons. The first-order chi connectivity index (χ1) is 17.6. The smallest absolute Gasteiger partial charge is 0.339 e. The van der Waals surface area contributed by atoms with Crippen molar-refractivity contribution in [2.24, 2.45) is 0 Å². The number of ketones is 1. The molecule has 2 aromatic heterocycles. The van der Waals surface area contributed by atoms with Gasteiger partial charge < -0.3 is 15.5 Å². The zero-order valence-electron chi connectivity index (χ0n) is 19.4. The summed E-state index contributed by atoms with van der Waals surface area (Å²) in [6, 6.07) is 7.52. The van der Waals surface area contributed by atoms with E-state index in [1.165, 1.54) is 17.2 Å². The molecule has 194 valence electrons. The number of amides is 1. The van der Waals surface area contributed by atoms with Gasteiger partial charge >= 0.3 is 6.18 Å². The van der Waals surface area contributed by atoms with Crippen molar-refractivity contribution in [3.8, 4) is 0 Å². The number of hydrogen-bond donors (Lipinski definition) is 2. The van der Waals surface area contributed by atoms with Crippen LogP contribution in [0, 0.1) is 0 Å². The van der Waals surface area contributed by atoms with Gasteiger partial charge in [-0.1, -0.05) is 34.1 Å². The quantitative estimate of drug-likeness (QED) is 0.259. The summed E-state index contributed by atoms with van der Waals surface area (Å²) in [4.78, 5) is 37.7. The molecule has 2 N–H and O–H groups in total. The predicted molar refractivity (Wildman–Crippen MR) is 132 cm³/mol. The Bertz CT molecular complexity index is 1320. The first-order valence-electron chi connectivity index (χ1n) is 11.1. The minimum absolute atomic E-state index is 0.0302. The van der Waals surface area contributed by atoms with Crippen molar-refractivity contribution in [2.45, 2.75) is 25.6 Å². The van der Waals surface area contributed by atoms with Crippen molar-refractivity contribution >= 4 is 50.9 Å². The molecule has 1 amide bonds. The number of fused-ring (bicyclic) bond motifs is 1. The average molecular weight is 581 g/mol. The maximum Gasteiger partial charge on any atom is 0.421 e. The molecule has 3 heterocycles. The molecule has 0 bridgehead atoms. The Morgan fingerprint density at radius 2 is 1.92 bits per heavy atom. The zero-order chi connectivity index (χ0) is 26.7. The Kier molecular flexibility index (Phi) is 7.71. The molecule has 0 fully saturated rings. The first-order valence-corrected chi connectivity index (χ1v) is 12.2. The van der Waals surface area contributed by atoms with Gasteiger partial charge in [0.25, 0.3) is 5.91 Å². The largest absolute Gasteiger partial charge is 0.421 e. The Morgan fingerprint density at radius 3 is 2.57 bits per heavy atom. The third-order valence-electron chi connectivity index (χ3n) is 5.78. The molecule has 1 unspecified atom stereocenters. The Morgan fingerprint density at radius 1 is 1.14 bits per heavy atom. The molecule has 1 aromatic carbocycles. The van der Waals surface area contributed by atoms with Crippen LogP contribution in [-0.4, -0.2) is 50.1 Å². The number of hydrogen-bond acceptors (Lipinski definition) is 7. The van der Waals surface area contributed by atoms with Crippen LogP contribution in [0.15, 0.2) is 42.7 Å². The first kappa shape index (κ1) is 26.5. The Labute approximate surface area is 217 Å². The summed E-state index contributed by atoms with van der Waals surface area (Å²) in [6.45, 7) is 0.860. The van der Waals surface area contributed by atoms with Gasteiger partial charge in [0.1, 0.15) is 29.7 Å². The minimum atomic E-state index is -4.78. The number of carbonyl (C=O) groups excluding carboxylic acids is 2. The van der Waals surface area contributed by atoms with Crippen LogP contribution in [0.5, 0.6) is 0 Å². The van der Waals surface area contributed by atoms with E-state index in [4.69, 9.17) is 0 Å². The van der Waals surface area contributed by atoms with Gasteiger partial charge in [-0.2, -0.15) is 18.2 Å². The highest BCUT2D eigenvalue weighted by molar-refractivity contribution is 9.09. The van der Waals surface area contributed by atoms with Gasteiger partial charge in [0.05, 0.1) is 22.6 Å². The van der Waals surface area contributed by atoms with Crippen LogP contribution in [0.1, 0.15) is 40.0 Å². The molecule has 0 saturated heterocycles. The highest BCUT2D eigenvalue weighted by atomic mass is 79.9. The third-order valence-corrected chi connectivity index (χ3v) is 6.40. The molecule has 0 spiro atoms. The highest BCUT2D eigenvalue weighted by Crippen LogP contribution is 2.40. The number of anilines is 4. The van der Waals surface area contributed by atoms with E-state index >= 15 is 0 Å². The summed E-state index contributed by atoms with van der Waals surface area (Å²) in [5, 5.41) is 5.60. The molecule has 1 aliphatic rings. The molecule has 4 rings (SSSR count). The molecule has 3 aromatic rings. The summed E-state index contributed by atoms with van der Waals surface area (Å²) in [5.41, 5.74) is 0.396. The fourth-order valence-electron chi connectivity index (χ4n) is 4.00. The standard InChI is InChI=1S/C24H21BrF4N6O2/c1-13-16-3-2-4-18(20(16)22(37)35(13)8-7-26)32-21-17(24(27,28)29)12-31-23(34-21)33-19-6-5-14(11-30-19)9-15(36)10-25/h2-6,11-13H,7-10H2,1H3,(H2,30,31,32,33,34). The van der Waals surface area contributed by atoms with E-state index in [2.05, 4.69) is 41.5 Å². The lowest BCUT2D eigenvalue weighted by Gasteiger charge is -2.20. The van der Waals surface area contributed by atoms with Crippen LogP contribution in [-0.2, 0) is 17.4 Å². The number of pyridine rings is 1. The Balaban J connectivity index is 1.64. The van der Waals surface area contributed by atoms with Gasteiger partial charge in [0, 0.05) is 25.4 Å². The average Bonchev–Trinajstić information content (AvgIpc) is 3.10. The number of nitrogens with one attached hydrogen (secondary N) is 2. The monoisotopic (exact) mass is 580 g/mol. The summed E-state index contributed by atoms with van der Waals surface area (Å²) in [7, 11) is 0. The normalized spacial score (nSPS) is 15.0. The number of carbonyl (C=O) groups is 2. The summed E-state index contributed by atoms with van der Waals surface area (Å²) >= 11 is 3.09. The van der Waals surface area contributed by atoms with Crippen molar-refractivity contribution in [1.82, 2.24) is 19.9 Å². The third kappa shape index (κ3) is 5.71. The second-order valence-corrected chi connectivity index (χ2v) is 8.80. The number of halogens is 5. The molecule has 13 heteroatoms. The van der Waals surface area contributed by atoms with E-state index in [1.54, 1.807) is 31.2 Å². The van der Waals surface area contributed by atoms with Crippen LogP contribution >= 0.6 is 15.9 Å². The lowest BCUT2D eigenvalue weighted by Crippen LogP contribution is -2.28. The van der Waals surface area contributed by atoms with Crippen LogP contribution in [0.3, 0.4) is 0 Å². The number of aromatic nitrogens is 3. The van der Waals surface area contributed by atoms with Crippen molar-refractivity contribution < 1.29 is 27.2 Å². The molecule has 0 aliphatic carbocycles. The van der Waals surface area contributed by atoms with Crippen LogP contribution < -0.4 is 10.6 Å². The number of alkyl halides is 5. The Hall–Kier alpha value is -3.61. The lowest BCUT2D eigenvalue weighted by molar-refractivity contribution is -0.137. The number of nitrogens with zero attached hydrogens (tertiary/aromatic N) is 4. The number of rotatable bonds is 9. The van der Waals surface area contributed by atoms with E-state index in [0.717, 1.165) is 0 Å². The molecular formula is C24H21BrF4N6O2. The van der Waals surface area contributed by atoms with E-state index in [-0.39, 0.29) is 47.1 Å². The maximum atomic E-state index is 13.8. The molecule has 8 nitrogen and oxygen atoms in total. The van der Waals surface area contributed by atoms with Crippen molar-refractivity contribution in [2.75, 3.05) is 29.2 Å². The van der Waals surface area contributed by atoms with Crippen molar-refractivity contribution in [3.05, 3.63) is 65.0 Å². The predicted octanol–water partition coefficient (Wildman–Crippen LogP) is 5.37. The van der Waals surface area contributed by atoms with Crippen molar-refractivity contribution in [3.63, 3.8) is 0 Å². The van der Waals surface area contributed by atoms with Gasteiger partial charge in [-0.3, -0.25) is 9.59 Å². The maximum absolute atomic E-state index is 13.8. The number of benzene rings is 1. The fourth-order valence-corrected chi connectivity index (χ4v) is 4.20. The molecule has 37 heavy (non-hydrogen) atoms.